The van der Waals surface area contributed by atoms with Gasteiger partial charge in [0.1, 0.15) is 6.07 Å². The van der Waals surface area contributed by atoms with Gasteiger partial charge in [0.05, 0.1) is 11.4 Å². The number of carbonyl (C=O) groups excluding carboxylic acids is 1. The van der Waals surface area contributed by atoms with Crippen LogP contribution < -0.4 is 19.9 Å². The van der Waals surface area contributed by atoms with Crippen LogP contribution in [0, 0.1) is 17.2 Å². The number of nitrogens with zero attached hydrogens (tertiary/aromatic N) is 4. The zero-order valence-electron chi connectivity index (χ0n) is 18.1. The topological polar surface area (TPSA) is 85.0 Å². The maximum absolute atomic E-state index is 12.5. The Balaban J connectivity index is 1.53. The highest BCUT2D eigenvalue weighted by Gasteiger charge is 2.22. The fourth-order valence-electron chi connectivity index (χ4n) is 4.06. The second-order valence-corrected chi connectivity index (χ2v) is 8.41. The molecule has 0 radical (unpaired) electrons. The predicted octanol–water partition coefficient (Wildman–Crippen LogP) is 3.75. The molecular formula is C23H29N5O3. The highest BCUT2D eigenvalue weighted by molar-refractivity contribution is 5.91. The van der Waals surface area contributed by atoms with Crippen LogP contribution in [-0.4, -0.2) is 57.3 Å². The Labute approximate surface area is 183 Å². The fraction of sp³-hybridized carbons (Fsp3) is 0.478. The number of furan rings is 1. The number of hydrogen-bond donors (Lipinski definition) is 1. The van der Waals surface area contributed by atoms with Crippen LogP contribution >= 0.6 is 0 Å². The van der Waals surface area contributed by atoms with Gasteiger partial charge in [0, 0.05) is 51.0 Å². The molecule has 2 aliphatic heterocycles. The van der Waals surface area contributed by atoms with E-state index >= 15 is 0 Å². The van der Waals surface area contributed by atoms with E-state index in [1.54, 1.807) is 0 Å². The molecule has 2 fully saturated rings. The summed E-state index contributed by atoms with van der Waals surface area (Å²) in [6, 6.07) is 11.0. The quantitative estimate of drug-likeness (QED) is 0.802. The number of piperazine rings is 1. The van der Waals surface area contributed by atoms with Crippen LogP contribution in [0.2, 0.25) is 0 Å². The Morgan fingerprint density at radius 3 is 2.52 bits per heavy atom. The Morgan fingerprint density at radius 2 is 1.84 bits per heavy atom. The number of ether oxygens (including phenoxy) is 1. The maximum Gasteiger partial charge on any atom is 0.419 e. The highest BCUT2D eigenvalue weighted by atomic mass is 16.6. The second kappa shape index (κ2) is 9.31. The Bertz CT molecular complexity index is 950. The Morgan fingerprint density at radius 1 is 1.10 bits per heavy atom. The molecule has 1 aromatic heterocycles. The van der Waals surface area contributed by atoms with Crippen LogP contribution in [0.4, 0.5) is 21.9 Å². The van der Waals surface area contributed by atoms with Crippen LogP contribution in [0.5, 0.6) is 5.95 Å². The third-order valence-corrected chi connectivity index (χ3v) is 6.10. The fourth-order valence-corrected chi connectivity index (χ4v) is 4.06. The van der Waals surface area contributed by atoms with Crippen molar-refractivity contribution in [2.24, 2.45) is 5.92 Å². The summed E-state index contributed by atoms with van der Waals surface area (Å²) in [6.07, 6.45) is 1.62. The summed E-state index contributed by atoms with van der Waals surface area (Å²) in [7, 11) is 2.15. The summed E-state index contributed by atoms with van der Waals surface area (Å²) in [5.41, 5.74) is 2.90. The molecule has 31 heavy (non-hydrogen) atoms. The molecule has 2 saturated heterocycles. The molecule has 0 atom stereocenters. The first-order valence-electron chi connectivity index (χ1n) is 10.8. The molecule has 0 bridgehead atoms. The molecule has 8 heteroatoms. The summed E-state index contributed by atoms with van der Waals surface area (Å²) in [5.74, 6) is 0.811. The van der Waals surface area contributed by atoms with Crippen molar-refractivity contribution in [3.8, 4) is 12.0 Å². The number of carbonyl (C=O) groups is 1. The lowest BCUT2D eigenvalue weighted by Gasteiger charge is -2.36. The van der Waals surface area contributed by atoms with Crippen LogP contribution in [-0.2, 0) is 0 Å². The van der Waals surface area contributed by atoms with Crippen molar-refractivity contribution in [3.63, 3.8) is 0 Å². The molecule has 0 unspecified atom stereocenters. The zero-order valence-corrected chi connectivity index (χ0v) is 18.1. The van der Waals surface area contributed by atoms with E-state index in [4.69, 9.17) is 14.4 Å². The van der Waals surface area contributed by atoms with E-state index in [0.29, 0.717) is 11.6 Å². The number of anilines is 3. The molecular weight excluding hydrogens is 394 g/mol. The van der Waals surface area contributed by atoms with Gasteiger partial charge in [-0.1, -0.05) is 6.92 Å². The standard InChI is InChI=1S/C23H29N5O3/c1-17-7-9-28(10-8-17)21-15-18(27-13-11-26(2)12-14-27)3-5-20(21)25-23(29)31-22-6-4-19(16-24)30-22/h3-6,15,17H,7-14H2,1-2H3,(H,25,29). The van der Waals surface area contributed by atoms with Gasteiger partial charge in [-0.05, 0) is 50.1 Å². The molecule has 0 spiro atoms. The summed E-state index contributed by atoms with van der Waals surface area (Å²) in [4.78, 5) is 19.5. The van der Waals surface area contributed by atoms with Crippen molar-refractivity contribution in [1.82, 2.24) is 4.90 Å². The number of nitrogens with one attached hydrogen (secondary N) is 1. The van der Waals surface area contributed by atoms with E-state index in [9.17, 15) is 4.79 Å². The smallest absolute Gasteiger partial charge is 0.414 e. The van der Waals surface area contributed by atoms with Crippen LogP contribution in [0.15, 0.2) is 34.7 Å². The van der Waals surface area contributed by atoms with Crippen molar-refractivity contribution >= 4 is 23.2 Å². The van der Waals surface area contributed by atoms with Gasteiger partial charge in [-0.25, -0.2) is 4.79 Å². The molecule has 4 rings (SSSR count). The van der Waals surface area contributed by atoms with Gasteiger partial charge in [0.15, 0.2) is 0 Å². The average Bonchev–Trinajstić information content (AvgIpc) is 3.23. The number of hydrogen-bond acceptors (Lipinski definition) is 7. The van der Waals surface area contributed by atoms with Crippen molar-refractivity contribution in [2.75, 3.05) is 61.4 Å². The molecule has 164 valence electrons. The molecule has 1 aromatic carbocycles. The second-order valence-electron chi connectivity index (χ2n) is 8.41. The Kier molecular flexibility index (Phi) is 6.33. The minimum atomic E-state index is -0.641. The van der Waals surface area contributed by atoms with E-state index in [1.807, 2.05) is 12.1 Å². The normalized spacial score (nSPS) is 18.0. The van der Waals surface area contributed by atoms with Gasteiger partial charge in [0.25, 0.3) is 5.95 Å². The first-order valence-corrected chi connectivity index (χ1v) is 10.8. The summed E-state index contributed by atoms with van der Waals surface area (Å²) < 4.78 is 10.4. The lowest BCUT2D eigenvalue weighted by molar-refractivity contribution is 0.202. The van der Waals surface area contributed by atoms with E-state index in [-0.39, 0.29) is 11.7 Å². The number of nitriles is 1. The van der Waals surface area contributed by atoms with Crippen molar-refractivity contribution in [3.05, 3.63) is 36.1 Å². The SMILES string of the molecule is CC1CCN(c2cc(N3CCN(C)CC3)ccc2NC(=O)Oc2ccc(C#N)o2)CC1. The molecule has 2 aliphatic rings. The van der Waals surface area contributed by atoms with E-state index in [2.05, 4.69) is 46.1 Å². The third-order valence-electron chi connectivity index (χ3n) is 6.10. The lowest BCUT2D eigenvalue weighted by atomic mass is 9.98. The predicted molar refractivity (Wildman–Crippen MR) is 120 cm³/mol. The van der Waals surface area contributed by atoms with Gasteiger partial charge in [0.2, 0.25) is 5.76 Å². The first-order chi connectivity index (χ1) is 15.0. The Hall–Kier alpha value is -3.18. The molecule has 1 N–H and O–H groups in total. The van der Waals surface area contributed by atoms with Gasteiger partial charge in [-0.15, -0.1) is 0 Å². The monoisotopic (exact) mass is 423 g/mol. The maximum atomic E-state index is 12.5. The zero-order chi connectivity index (χ0) is 21.8. The van der Waals surface area contributed by atoms with Crippen molar-refractivity contribution in [2.45, 2.75) is 19.8 Å². The van der Waals surface area contributed by atoms with Crippen LogP contribution in [0.1, 0.15) is 25.5 Å². The van der Waals surface area contributed by atoms with Gasteiger partial charge < -0.3 is 23.9 Å². The summed E-state index contributed by atoms with van der Waals surface area (Å²) >= 11 is 0. The van der Waals surface area contributed by atoms with E-state index in [1.165, 1.54) is 17.8 Å². The van der Waals surface area contributed by atoms with Gasteiger partial charge in [-0.2, -0.15) is 5.26 Å². The number of likely N-dealkylation sites (N-methyl/N-ethyl adjacent to an activating group) is 1. The highest BCUT2D eigenvalue weighted by Crippen LogP contribution is 2.34. The van der Waals surface area contributed by atoms with Crippen molar-refractivity contribution < 1.29 is 13.9 Å². The first kappa shape index (κ1) is 21.1. The number of benzene rings is 1. The number of piperidine rings is 1. The summed E-state index contributed by atoms with van der Waals surface area (Å²) in [6.45, 7) is 8.26. The molecule has 3 heterocycles. The third kappa shape index (κ3) is 5.12. The average molecular weight is 424 g/mol. The molecule has 0 aliphatic carbocycles. The number of rotatable bonds is 4. The minimum Gasteiger partial charge on any atom is -0.414 e. The van der Waals surface area contributed by atoms with Gasteiger partial charge >= 0.3 is 6.09 Å². The minimum absolute atomic E-state index is 0.00328. The summed E-state index contributed by atoms with van der Waals surface area (Å²) in [5, 5.41) is 11.7. The molecule has 1 amide bonds. The largest absolute Gasteiger partial charge is 0.419 e. The van der Waals surface area contributed by atoms with Crippen LogP contribution in [0.25, 0.3) is 0 Å². The van der Waals surface area contributed by atoms with Crippen molar-refractivity contribution in [1.29, 1.82) is 5.26 Å². The van der Waals surface area contributed by atoms with E-state index < -0.39 is 6.09 Å². The van der Waals surface area contributed by atoms with E-state index in [0.717, 1.165) is 57.8 Å². The van der Waals surface area contributed by atoms with Crippen LogP contribution in [0.3, 0.4) is 0 Å². The molecule has 2 aromatic rings. The van der Waals surface area contributed by atoms with Gasteiger partial charge in [-0.3, -0.25) is 5.32 Å². The lowest BCUT2D eigenvalue weighted by Crippen LogP contribution is -2.44. The molecule has 0 saturated carbocycles. The molecule has 8 nitrogen and oxygen atoms in total. The number of amides is 1.